The Balaban J connectivity index is 1.42. The fourth-order valence-electron chi connectivity index (χ4n) is 3.89. The highest BCUT2D eigenvalue weighted by molar-refractivity contribution is 5.94. The number of amides is 1. The SMILES string of the molecule is O=C(c1ccc(C(F)(F)F)cc1)N1CCC(c2n[nH]c(=O)n2Cc2ccc(F)cc2)CC1. The van der Waals surface area contributed by atoms with Crippen LogP contribution in [0.5, 0.6) is 0 Å². The molecule has 3 aromatic rings. The summed E-state index contributed by atoms with van der Waals surface area (Å²) in [5.74, 6) is -0.187. The van der Waals surface area contributed by atoms with E-state index in [4.69, 9.17) is 0 Å². The largest absolute Gasteiger partial charge is 0.416 e. The molecule has 1 saturated heterocycles. The highest BCUT2D eigenvalue weighted by Crippen LogP contribution is 2.30. The second kappa shape index (κ2) is 8.60. The smallest absolute Gasteiger partial charge is 0.339 e. The Labute approximate surface area is 180 Å². The van der Waals surface area contributed by atoms with Crippen molar-refractivity contribution in [2.75, 3.05) is 13.1 Å². The number of hydrogen-bond acceptors (Lipinski definition) is 3. The van der Waals surface area contributed by atoms with Gasteiger partial charge in [0.2, 0.25) is 0 Å². The van der Waals surface area contributed by atoms with E-state index in [1.54, 1.807) is 17.0 Å². The zero-order valence-electron chi connectivity index (χ0n) is 16.9. The summed E-state index contributed by atoms with van der Waals surface area (Å²) in [5, 5.41) is 6.61. The zero-order valence-corrected chi connectivity index (χ0v) is 16.9. The van der Waals surface area contributed by atoms with Gasteiger partial charge in [0.25, 0.3) is 5.91 Å². The molecule has 1 fully saturated rings. The molecule has 4 rings (SSSR count). The van der Waals surface area contributed by atoms with Crippen LogP contribution in [0.4, 0.5) is 17.6 Å². The van der Waals surface area contributed by atoms with Crippen LogP contribution in [-0.2, 0) is 12.7 Å². The van der Waals surface area contributed by atoms with Gasteiger partial charge in [0.15, 0.2) is 0 Å². The van der Waals surface area contributed by atoms with Gasteiger partial charge >= 0.3 is 11.9 Å². The van der Waals surface area contributed by atoms with Crippen LogP contribution in [0.2, 0.25) is 0 Å². The Kier molecular flexibility index (Phi) is 5.86. The maximum absolute atomic E-state index is 13.1. The highest BCUT2D eigenvalue weighted by Gasteiger charge is 2.31. The first-order valence-electron chi connectivity index (χ1n) is 10.1. The highest BCUT2D eigenvalue weighted by atomic mass is 19.4. The average Bonchev–Trinajstić information content (AvgIpc) is 3.14. The average molecular weight is 448 g/mol. The summed E-state index contributed by atoms with van der Waals surface area (Å²) in [6.07, 6.45) is -3.34. The molecule has 0 unspecified atom stereocenters. The van der Waals surface area contributed by atoms with Gasteiger partial charge in [-0.3, -0.25) is 9.36 Å². The topological polar surface area (TPSA) is 71.0 Å². The predicted octanol–water partition coefficient (Wildman–Crippen LogP) is 3.80. The standard InChI is InChI=1S/C22H20F4N4O2/c23-18-7-1-14(2-8-18)13-30-19(27-28-21(30)32)15-9-11-29(12-10-15)20(31)16-3-5-17(6-4-16)22(24,25)26/h1-8,15H,9-13H2,(H,28,32). The lowest BCUT2D eigenvalue weighted by molar-refractivity contribution is -0.137. The lowest BCUT2D eigenvalue weighted by atomic mass is 9.95. The molecule has 32 heavy (non-hydrogen) atoms. The summed E-state index contributed by atoms with van der Waals surface area (Å²) in [7, 11) is 0. The number of halogens is 4. The zero-order chi connectivity index (χ0) is 22.9. The van der Waals surface area contributed by atoms with Gasteiger partial charge in [-0.2, -0.15) is 18.3 Å². The van der Waals surface area contributed by atoms with Gasteiger partial charge in [0, 0.05) is 24.6 Å². The van der Waals surface area contributed by atoms with E-state index >= 15 is 0 Å². The molecule has 0 atom stereocenters. The molecule has 1 aliphatic rings. The van der Waals surface area contributed by atoms with Crippen molar-refractivity contribution in [1.82, 2.24) is 19.7 Å². The van der Waals surface area contributed by atoms with E-state index in [2.05, 4.69) is 10.2 Å². The molecule has 1 aromatic heterocycles. The Morgan fingerprint density at radius 3 is 2.25 bits per heavy atom. The van der Waals surface area contributed by atoms with Crippen molar-refractivity contribution in [2.24, 2.45) is 0 Å². The third-order valence-electron chi connectivity index (χ3n) is 5.65. The Bertz CT molecular complexity index is 1140. The summed E-state index contributed by atoms with van der Waals surface area (Å²) in [5.41, 5.74) is -0.214. The van der Waals surface area contributed by atoms with Crippen LogP contribution >= 0.6 is 0 Å². The molecule has 0 spiro atoms. The lowest BCUT2D eigenvalue weighted by Gasteiger charge is -2.31. The van der Waals surface area contributed by atoms with Gasteiger partial charge in [-0.25, -0.2) is 14.3 Å². The minimum Gasteiger partial charge on any atom is -0.339 e. The maximum atomic E-state index is 13.1. The molecule has 0 radical (unpaired) electrons. The molecule has 168 valence electrons. The van der Waals surface area contributed by atoms with Crippen molar-refractivity contribution in [3.05, 3.63) is 87.3 Å². The number of H-pyrrole nitrogens is 1. The number of likely N-dealkylation sites (tertiary alicyclic amines) is 1. The lowest BCUT2D eigenvalue weighted by Crippen LogP contribution is -2.38. The summed E-state index contributed by atoms with van der Waals surface area (Å²) >= 11 is 0. The number of alkyl halides is 3. The van der Waals surface area contributed by atoms with Crippen LogP contribution in [0, 0.1) is 5.82 Å². The predicted molar refractivity (Wildman–Crippen MR) is 108 cm³/mol. The van der Waals surface area contributed by atoms with E-state index in [-0.39, 0.29) is 35.4 Å². The molecule has 0 aliphatic carbocycles. The molecule has 2 heterocycles. The quantitative estimate of drug-likeness (QED) is 0.618. The number of carbonyl (C=O) groups is 1. The minimum atomic E-state index is -4.45. The number of rotatable bonds is 4. The minimum absolute atomic E-state index is 0.0638. The number of aromatic nitrogens is 3. The summed E-state index contributed by atoms with van der Waals surface area (Å²) in [4.78, 5) is 26.5. The third-order valence-corrected chi connectivity index (χ3v) is 5.65. The summed E-state index contributed by atoms with van der Waals surface area (Å²) in [6.45, 7) is 1.03. The molecule has 1 amide bonds. The van der Waals surface area contributed by atoms with Gasteiger partial charge < -0.3 is 4.90 Å². The van der Waals surface area contributed by atoms with Crippen molar-refractivity contribution in [3.63, 3.8) is 0 Å². The van der Waals surface area contributed by atoms with Crippen LogP contribution in [0.25, 0.3) is 0 Å². The fourth-order valence-corrected chi connectivity index (χ4v) is 3.89. The van der Waals surface area contributed by atoms with Crippen LogP contribution < -0.4 is 5.69 Å². The molecule has 0 saturated carbocycles. The number of nitrogens with one attached hydrogen (secondary N) is 1. The fraction of sp³-hybridized carbons (Fsp3) is 0.318. The molecule has 0 bridgehead atoms. The van der Waals surface area contributed by atoms with Crippen molar-refractivity contribution in [2.45, 2.75) is 31.5 Å². The van der Waals surface area contributed by atoms with E-state index in [0.29, 0.717) is 31.8 Å². The molecule has 1 N–H and O–H groups in total. The first-order chi connectivity index (χ1) is 15.2. The second-order valence-electron chi connectivity index (χ2n) is 7.74. The molecule has 1 aliphatic heterocycles. The van der Waals surface area contributed by atoms with Gasteiger partial charge in [-0.1, -0.05) is 12.1 Å². The Hall–Kier alpha value is -3.43. The van der Waals surface area contributed by atoms with Gasteiger partial charge in [-0.05, 0) is 54.8 Å². The van der Waals surface area contributed by atoms with Crippen molar-refractivity contribution < 1.29 is 22.4 Å². The van der Waals surface area contributed by atoms with Crippen LogP contribution in [0.1, 0.15) is 46.1 Å². The number of nitrogens with zero attached hydrogens (tertiary/aromatic N) is 3. The Morgan fingerprint density at radius 1 is 1.03 bits per heavy atom. The number of hydrogen-bond donors (Lipinski definition) is 1. The molecule has 6 nitrogen and oxygen atoms in total. The van der Waals surface area contributed by atoms with E-state index in [1.807, 2.05) is 0 Å². The van der Waals surface area contributed by atoms with E-state index in [9.17, 15) is 27.2 Å². The van der Waals surface area contributed by atoms with E-state index < -0.39 is 11.7 Å². The van der Waals surface area contributed by atoms with Gasteiger partial charge in [-0.15, -0.1) is 0 Å². The summed E-state index contributed by atoms with van der Waals surface area (Å²) in [6, 6.07) is 10.0. The van der Waals surface area contributed by atoms with E-state index in [0.717, 1.165) is 17.7 Å². The third kappa shape index (κ3) is 4.58. The summed E-state index contributed by atoms with van der Waals surface area (Å²) < 4.78 is 52.8. The van der Waals surface area contributed by atoms with Gasteiger partial charge in [0.1, 0.15) is 11.6 Å². The first-order valence-corrected chi connectivity index (χ1v) is 10.1. The molecular weight excluding hydrogens is 428 g/mol. The van der Waals surface area contributed by atoms with Crippen molar-refractivity contribution >= 4 is 5.91 Å². The number of piperidine rings is 1. The number of benzene rings is 2. The van der Waals surface area contributed by atoms with Gasteiger partial charge in [0.05, 0.1) is 12.1 Å². The van der Waals surface area contributed by atoms with Crippen LogP contribution in [0.3, 0.4) is 0 Å². The van der Waals surface area contributed by atoms with E-state index in [1.165, 1.54) is 28.8 Å². The van der Waals surface area contributed by atoms with Crippen molar-refractivity contribution in [1.29, 1.82) is 0 Å². The van der Waals surface area contributed by atoms with Crippen LogP contribution in [0.15, 0.2) is 53.3 Å². The Morgan fingerprint density at radius 2 is 1.66 bits per heavy atom. The molecule has 10 heteroatoms. The molecular formula is C22H20F4N4O2. The maximum Gasteiger partial charge on any atom is 0.416 e. The number of aromatic amines is 1. The first kappa shape index (κ1) is 21.8. The van der Waals surface area contributed by atoms with Crippen molar-refractivity contribution in [3.8, 4) is 0 Å². The number of carbonyl (C=O) groups excluding carboxylic acids is 1. The second-order valence-corrected chi connectivity index (χ2v) is 7.74. The normalized spacial score (nSPS) is 15.2. The monoisotopic (exact) mass is 448 g/mol. The van der Waals surface area contributed by atoms with Crippen LogP contribution in [-0.4, -0.2) is 38.7 Å². The molecule has 2 aromatic carbocycles.